The van der Waals surface area contributed by atoms with Gasteiger partial charge in [0.15, 0.2) is 5.96 Å². The van der Waals surface area contributed by atoms with Crippen LogP contribution in [-0.2, 0) is 0 Å². The van der Waals surface area contributed by atoms with Gasteiger partial charge in [-0.2, -0.15) is 0 Å². The molecule has 3 rings (SSSR count). The zero-order chi connectivity index (χ0) is 22.1. The highest BCUT2D eigenvalue weighted by Crippen LogP contribution is 2.30. The lowest BCUT2D eigenvalue weighted by atomic mass is 10.0. The van der Waals surface area contributed by atoms with Gasteiger partial charge in [0.25, 0.3) is 0 Å². The summed E-state index contributed by atoms with van der Waals surface area (Å²) in [6, 6.07) is 13.8. The van der Waals surface area contributed by atoms with E-state index in [0.717, 1.165) is 54.8 Å². The largest absolute Gasteiger partial charge is 0.497 e. The van der Waals surface area contributed by atoms with Gasteiger partial charge in [0.05, 0.1) is 20.8 Å². The van der Waals surface area contributed by atoms with E-state index in [1.165, 1.54) is 0 Å². The molecule has 0 unspecified atom stereocenters. The molecule has 1 saturated heterocycles. The van der Waals surface area contributed by atoms with E-state index in [4.69, 9.17) is 25.8 Å². The fourth-order valence-corrected chi connectivity index (χ4v) is 3.72. The van der Waals surface area contributed by atoms with Crippen molar-refractivity contribution >= 4 is 23.2 Å². The Morgan fingerprint density at radius 1 is 1.06 bits per heavy atom. The van der Waals surface area contributed by atoms with Crippen molar-refractivity contribution in [2.45, 2.75) is 18.9 Å². The number of hydrogen-bond acceptors (Lipinski definition) is 5. The number of nitrogens with zero attached hydrogens (tertiary/aromatic N) is 2. The highest BCUT2D eigenvalue weighted by molar-refractivity contribution is 6.30. The van der Waals surface area contributed by atoms with Gasteiger partial charge in [-0.1, -0.05) is 17.7 Å². The molecule has 1 aliphatic rings. The van der Waals surface area contributed by atoms with Gasteiger partial charge in [0, 0.05) is 55.1 Å². The lowest BCUT2D eigenvalue weighted by Crippen LogP contribution is -2.49. The van der Waals surface area contributed by atoms with Crippen molar-refractivity contribution in [2.24, 2.45) is 4.99 Å². The van der Waals surface area contributed by atoms with E-state index in [1.807, 2.05) is 24.3 Å². The molecular formula is C23H31ClN4O3. The smallest absolute Gasteiger partial charge is 0.191 e. The lowest BCUT2D eigenvalue weighted by molar-refractivity contribution is 0.321. The Labute approximate surface area is 189 Å². The third-order valence-corrected chi connectivity index (χ3v) is 5.46. The van der Waals surface area contributed by atoms with Crippen molar-refractivity contribution in [3.05, 3.63) is 47.5 Å². The highest BCUT2D eigenvalue weighted by Gasteiger charge is 2.21. The van der Waals surface area contributed by atoms with Gasteiger partial charge >= 0.3 is 0 Å². The molecule has 2 N–H and O–H groups in total. The summed E-state index contributed by atoms with van der Waals surface area (Å²) in [7, 11) is 5.13. The Balaban J connectivity index is 1.43. The topological polar surface area (TPSA) is 67.4 Å². The maximum Gasteiger partial charge on any atom is 0.191 e. The number of piperidine rings is 1. The van der Waals surface area contributed by atoms with Crippen LogP contribution in [0.1, 0.15) is 12.8 Å². The summed E-state index contributed by atoms with van der Waals surface area (Å²) in [4.78, 5) is 6.69. The van der Waals surface area contributed by atoms with E-state index in [0.29, 0.717) is 24.2 Å². The standard InChI is InChI=1S/C23H31ClN4O3/c1-25-23(26-9-12-31-20-6-4-5-17(24)13-20)27-18-7-10-28(11-8-18)19-14-21(29-2)16-22(15-19)30-3/h4-6,13-16,18H,7-12H2,1-3H3,(H2,25,26,27). The minimum Gasteiger partial charge on any atom is -0.497 e. The molecule has 7 nitrogen and oxygen atoms in total. The first-order valence-electron chi connectivity index (χ1n) is 10.4. The number of rotatable bonds is 8. The van der Waals surface area contributed by atoms with Gasteiger partial charge < -0.3 is 29.7 Å². The van der Waals surface area contributed by atoms with Crippen LogP contribution in [0, 0.1) is 0 Å². The maximum absolute atomic E-state index is 5.98. The average molecular weight is 447 g/mol. The molecule has 0 spiro atoms. The molecule has 0 saturated carbocycles. The first kappa shape index (κ1) is 22.9. The van der Waals surface area contributed by atoms with Crippen LogP contribution in [0.5, 0.6) is 17.2 Å². The van der Waals surface area contributed by atoms with Gasteiger partial charge in [-0.05, 0) is 31.0 Å². The summed E-state index contributed by atoms with van der Waals surface area (Å²) in [6.45, 7) is 3.07. The second-order valence-electron chi connectivity index (χ2n) is 7.28. The minimum absolute atomic E-state index is 0.365. The molecule has 2 aromatic carbocycles. The number of anilines is 1. The van der Waals surface area contributed by atoms with E-state index in [9.17, 15) is 0 Å². The van der Waals surface area contributed by atoms with Crippen LogP contribution in [0.15, 0.2) is 47.5 Å². The second-order valence-corrected chi connectivity index (χ2v) is 7.72. The Bertz CT molecular complexity index is 847. The van der Waals surface area contributed by atoms with Crippen LogP contribution in [0.25, 0.3) is 0 Å². The number of ether oxygens (including phenoxy) is 3. The van der Waals surface area contributed by atoms with Gasteiger partial charge in [-0.3, -0.25) is 4.99 Å². The van der Waals surface area contributed by atoms with Crippen LogP contribution in [0.4, 0.5) is 5.69 Å². The Kier molecular flexibility index (Phi) is 8.53. The molecular weight excluding hydrogens is 416 g/mol. The molecule has 31 heavy (non-hydrogen) atoms. The monoisotopic (exact) mass is 446 g/mol. The zero-order valence-electron chi connectivity index (χ0n) is 18.4. The number of guanidine groups is 1. The van der Waals surface area contributed by atoms with Gasteiger partial charge in [0.1, 0.15) is 23.9 Å². The van der Waals surface area contributed by atoms with Crippen LogP contribution in [0.2, 0.25) is 5.02 Å². The highest BCUT2D eigenvalue weighted by atomic mass is 35.5. The maximum atomic E-state index is 5.98. The number of benzene rings is 2. The first-order valence-corrected chi connectivity index (χ1v) is 10.8. The van der Waals surface area contributed by atoms with Crippen LogP contribution in [0.3, 0.4) is 0 Å². The van der Waals surface area contributed by atoms with Crippen molar-refractivity contribution in [1.82, 2.24) is 10.6 Å². The Morgan fingerprint density at radius 2 is 1.77 bits per heavy atom. The summed E-state index contributed by atoms with van der Waals surface area (Å²) < 4.78 is 16.5. The SMILES string of the molecule is CN=C(NCCOc1cccc(Cl)c1)NC1CCN(c2cc(OC)cc(OC)c2)CC1. The fourth-order valence-electron chi connectivity index (χ4n) is 3.54. The molecule has 1 aliphatic heterocycles. The average Bonchev–Trinajstić information content (AvgIpc) is 2.81. The molecule has 8 heteroatoms. The number of aliphatic imine (C=N–C) groups is 1. The van der Waals surface area contributed by atoms with Crippen molar-refractivity contribution in [3.63, 3.8) is 0 Å². The van der Waals surface area contributed by atoms with Gasteiger partial charge in [-0.15, -0.1) is 0 Å². The number of methoxy groups -OCH3 is 2. The summed E-state index contributed by atoms with van der Waals surface area (Å²) in [5, 5.41) is 7.49. The van der Waals surface area contributed by atoms with E-state index in [-0.39, 0.29) is 0 Å². The molecule has 2 aromatic rings. The molecule has 0 aliphatic carbocycles. The lowest BCUT2D eigenvalue weighted by Gasteiger charge is -2.34. The van der Waals surface area contributed by atoms with Crippen molar-refractivity contribution in [2.75, 3.05) is 52.4 Å². The summed E-state index contributed by atoms with van der Waals surface area (Å²) in [5.41, 5.74) is 1.12. The van der Waals surface area contributed by atoms with E-state index in [2.05, 4.69) is 32.7 Å². The molecule has 0 atom stereocenters. The second kappa shape index (κ2) is 11.6. The normalized spacial score (nSPS) is 14.8. The van der Waals surface area contributed by atoms with Crippen molar-refractivity contribution in [1.29, 1.82) is 0 Å². The quantitative estimate of drug-likeness (QED) is 0.367. The van der Waals surface area contributed by atoms with E-state index < -0.39 is 0 Å². The number of halogens is 1. The van der Waals surface area contributed by atoms with Crippen molar-refractivity contribution < 1.29 is 14.2 Å². The van der Waals surface area contributed by atoms with Crippen molar-refractivity contribution in [3.8, 4) is 17.2 Å². The predicted molar refractivity (Wildman–Crippen MR) is 126 cm³/mol. The van der Waals surface area contributed by atoms with Gasteiger partial charge in [-0.25, -0.2) is 0 Å². The van der Waals surface area contributed by atoms with Crippen LogP contribution < -0.4 is 29.7 Å². The Morgan fingerprint density at radius 3 is 2.39 bits per heavy atom. The van der Waals surface area contributed by atoms with Crippen LogP contribution in [-0.4, -0.2) is 59.5 Å². The van der Waals surface area contributed by atoms with E-state index >= 15 is 0 Å². The molecule has 1 fully saturated rings. The molecule has 168 valence electrons. The molecule has 0 bridgehead atoms. The molecule has 0 aromatic heterocycles. The number of hydrogen-bond donors (Lipinski definition) is 2. The third kappa shape index (κ3) is 6.85. The molecule has 1 heterocycles. The minimum atomic E-state index is 0.365. The van der Waals surface area contributed by atoms with Crippen LogP contribution >= 0.6 is 11.6 Å². The predicted octanol–water partition coefficient (Wildman–Crippen LogP) is 3.57. The molecule has 0 radical (unpaired) electrons. The first-order chi connectivity index (χ1) is 15.1. The summed E-state index contributed by atoms with van der Waals surface area (Å²) in [6.07, 6.45) is 2.03. The summed E-state index contributed by atoms with van der Waals surface area (Å²) in [5.74, 6) is 3.16. The summed E-state index contributed by atoms with van der Waals surface area (Å²) >= 11 is 5.98. The van der Waals surface area contributed by atoms with E-state index in [1.54, 1.807) is 27.3 Å². The Hall–Kier alpha value is -2.80. The number of nitrogens with one attached hydrogen (secondary N) is 2. The zero-order valence-corrected chi connectivity index (χ0v) is 19.1. The van der Waals surface area contributed by atoms with Gasteiger partial charge in [0.2, 0.25) is 0 Å². The fraction of sp³-hybridized carbons (Fsp3) is 0.435. The molecule has 0 amide bonds. The third-order valence-electron chi connectivity index (χ3n) is 5.22.